The molecule has 5 heteroatoms. The third-order valence-corrected chi connectivity index (χ3v) is 3.42. The molecule has 0 heterocycles. The average Bonchev–Trinajstić information content (AvgIpc) is 3.06. The fourth-order valence-corrected chi connectivity index (χ4v) is 2.47. The van der Waals surface area contributed by atoms with Crippen molar-refractivity contribution in [3.8, 4) is 5.75 Å². The molecule has 0 radical (unpaired) electrons. The van der Waals surface area contributed by atoms with Crippen molar-refractivity contribution in [3.63, 3.8) is 0 Å². The third-order valence-electron chi connectivity index (χ3n) is 2.83. The van der Waals surface area contributed by atoms with Gasteiger partial charge in [-0.25, -0.2) is 0 Å². The number of halogens is 1. The van der Waals surface area contributed by atoms with Crippen LogP contribution < -0.4 is 10.5 Å². The molecule has 1 aromatic carbocycles. The summed E-state index contributed by atoms with van der Waals surface area (Å²) in [6.45, 7) is 1.96. The number of benzene rings is 1. The number of carboxylic acid groups (broad SMARTS) is 1. The standard InChI is InChI=1S/C13H16BrNO3/c1-7-4-8(6-11(15)13(16)17)12(10(14)5-7)18-9-2-3-9/h4-5,9,11H,2-3,6,15H2,1H3,(H,16,17). The normalized spacial score (nSPS) is 16.4. The first kappa shape index (κ1) is 13.4. The highest BCUT2D eigenvalue weighted by atomic mass is 79.9. The minimum atomic E-state index is -0.995. The Balaban J connectivity index is 2.27. The molecule has 1 unspecified atom stereocenters. The van der Waals surface area contributed by atoms with Crippen LogP contribution >= 0.6 is 15.9 Å². The van der Waals surface area contributed by atoms with Crippen LogP contribution in [0.2, 0.25) is 0 Å². The summed E-state index contributed by atoms with van der Waals surface area (Å²) in [6.07, 6.45) is 2.66. The molecule has 18 heavy (non-hydrogen) atoms. The molecular weight excluding hydrogens is 298 g/mol. The maximum atomic E-state index is 10.8. The van der Waals surface area contributed by atoms with Crippen LogP contribution in [-0.4, -0.2) is 23.2 Å². The Hall–Kier alpha value is -1.07. The van der Waals surface area contributed by atoms with Gasteiger partial charge in [0, 0.05) is 6.42 Å². The molecule has 1 saturated carbocycles. The highest BCUT2D eigenvalue weighted by molar-refractivity contribution is 9.10. The molecular formula is C13H16BrNO3. The lowest BCUT2D eigenvalue weighted by molar-refractivity contribution is -0.138. The molecule has 0 aromatic heterocycles. The lowest BCUT2D eigenvalue weighted by Crippen LogP contribution is -2.32. The molecule has 0 bridgehead atoms. The van der Waals surface area contributed by atoms with E-state index in [4.69, 9.17) is 15.6 Å². The summed E-state index contributed by atoms with van der Waals surface area (Å²) in [5.41, 5.74) is 7.50. The minimum absolute atomic E-state index is 0.267. The predicted octanol–water partition coefficient (Wildman–Crippen LogP) is 2.25. The molecule has 0 aliphatic heterocycles. The fraction of sp³-hybridized carbons (Fsp3) is 0.462. The van der Waals surface area contributed by atoms with Crippen molar-refractivity contribution in [2.45, 2.75) is 38.3 Å². The van der Waals surface area contributed by atoms with Crippen LogP contribution in [0, 0.1) is 6.92 Å². The molecule has 1 atom stereocenters. The van der Waals surface area contributed by atoms with Crippen LogP contribution in [0.4, 0.5) is 0 Å². The highest BCUT2D eigenvalue weighted by Gasteiger charge is 2.26. The van der Waals surface area contributed by atoms with Crippen LogP contribution in [-0.2, 0) is 11.2 Å². The quantitative estimate of drug-likeness (QED) is 0.874. The van der Waals surface area contributed by atoms with E-state index in [1.807, 2.05) is 19.1 Å². The Labute approximate surface area is 114 Å². The second-order valence-electron chi connectivity index (χ2n) is 4.70. The summed E-state index contributed by atoms with van der Waals surface area (Å²) >= 11 is 3.47. The summed E-state index contributed by atoms with van der Waals surface area (Å²) in [6, 6.07) is 3.00. The zero-order valence-electron chi connectivity index (χ0n) is 10.1. The number of aryl methyl sites for hydroxylation is 1. The Morgan fingerprint density at radius 1 is 1.61 bits per heavy atom. The Bertz CT molecular complexity index is 472. The lowest BCUT2D eigenvalue weighted by atomic mass is 10.0. The van der Waals surface area contributed by atoms with Crippen LogP contribution in [0.15, 0.2) is 16.6 Å². The Morgan fingerprint density at radius 3 is 2.83 bits per heavy atom. The van der Waals surface area contributed by atoms with Gasteiger partial charge in [-0.15, -0.1) is 0 Å². The van der Waals surface area contributed by atoms with E-state index in [9.17, 15) is 4.79 Å². The van der Waals surface area contributed by atoms with E-state index >= 15 is 0 Å². The van der Waals surface area contributed by atoms with Gasteiger partial charge in [-0.1, -0.05) is 6.07 Å². The molecule has 0 spiro atoms. The van der Waals surface area contributed by atoms with Gasteiger partial charge < -0.3 is 15.6 Å². The molecule has 98 valence electrons. The fourth-order valence-electron chi connectivity index (χ4n) is 1.76. The topological polar surface area (TPSA) is 72.5 Å². The SMILES string of the molecule is Cc1cc(Br)c(OC2CC2)c(CC(N)C(=O)O)c1. The molecule has 3 N–H and O–H groups in total. The van der Waals surface area contributed by atoms with Gasteiger partial charge in [0.25, 0.3) is 0 Å². The van der Waals surface area contributed by atoms with Crippen molar-refractivity contribution < 1.29 is 14.6 Å². The summed E-state index contributed by atoms with van der Waals surface area (Å²) in [4.78, 5) is 10.8. The van der Waals surface area contributed by atoms with Gasteiger partial charge in [0.15, 0.2) is 0 Å². The van der Waals surface area contributed by atoms with Gasteiger partial charge >= 0.3 is 5.97 Å². The number of rotatable bonds is 5. The van der Waals surface area contributed by atoms with Crippen molar-refractivity contribution >= 4 is 21.9 Å². The van der Waals surface area contributed by atoms with Crippen LogP contribution in [0.25, 0.3) is 0 Å². The summed E-state index contributed by atoms with van der Waals surface area (Å²) in [7, 11) is 0. The molecule has 4 nitrogen and oxygen atoms in total. The summed E-state index contributed by atoms with van der Waals surface area (Å²) < 4.78 is 6.69. The Morgan fingerprint density at radius 2 is 2.28 bits per heavy atom. The van der Waals surface area contributed by atoms with E-state index in [-0.39, 0.29) is 12.5 Å². The molecule has 1 aliphatic carbocycles. The average molecular weight is 314 g/mol. The van der Waals surface area contributed by atoms with Crippen molar-refractivity contribution in [3.05, 3.63) is 27.7 Å². The number of hydrogen-bond donors (Lipinski definition) is 2. The third kappa shape index (κ3) is 3.23. The number of hydrogen-bond acceptors (Lipinski definition) is 3. The van der Waals surface area contributed by atoms with E-state index in [2.05, 4.69) is 15.9 Å². The molecule has 0 amide bonds. The van der Waals surface area contributed by atoms with Gasteiger partial charge in [-0.05, 0) is 52.9 Å². The number of carboxylic acids is 1. The van der Waals surface area contributed by atoms with Gasteiger partial charge in [-0.3, -0.25) is 4.79 Å². The lowest BCUT2D eigenvalue weighted by Gasteiger charge is -2.15. The van der Waals surface area contributed by atoms with E-state index in [0.29, 0.717) is 0 Å². The van der Waals surface area contributed by atoms with Gasteiger partial charge in [0.05, 0.1) is 10.6 Å². The van der Waals surface area contributed by atoms with Gasteiger partial charge in [0.2, 0.25) is 0 Å². The zero-order chi connectivity index (χ0) is 13.3. The molecule has 1 aliphatic rings. The molecule has 0 saturated heterocycles. The van der Waals surface area contributed by atoms with E-state index in [1.54, 1.807) is 0 Å². The second kappa shape index (κ2) is 5.28. The Kier molecular flexibility index (Phi) is 3.92. The smallest absolute Gasteiger partial charge is 0.320 e. The molecule has 1 fully saturated rings. The second-order valence-corrected chi connectivity index (χ2v) is 5.56. The first-order valence-corrected chi connectivity index (χ1v) is 6.70. The predicted molar refractivity (Wildman–Crippen MR) is 71.8 cm³/mol. The summed E-state index contributed by atoms with van der Waals surface area (Å²) in [5.74, 6) is -0.259. The van der Waals surface area contributed by atoms with Crippen LogP contribution in [0.1, 0.15) is 24.0 Å². The monoisotopic (exact) mass is 313 g/mol. The maximum absolute atomic E-state index is 10.8. The highest BCUT2D eigenvalue weighted by Crippen LogP contribution is 2.36. The minimum Gasteiger partial charge on any atom is -0.489 e. The number of carbonyl (C=O) groups is 1. The first-order chi connectivity index (χ1) is 8.47. The van der Waals surface area contributed by atoms with Crippen molar-refractivity contribution in [2.24, 2.45) is 5.73 Å². The number of ether oxygens (including phenoxy) is 1. The number of aliphatic carboxylic acids is 1. The zero-order valence-corrected chi connectivity index (χ0v) is 11.7. The van der Waals surface area contributed by atoms with Crippen LogP contribution in [0.5, 0.6) is 5.75 Å². The van der Waals surface area contributed by atoms with Gasteiger partial charge in [-0.2, -0.15) is 0 Å². The summed E-state index contributed by atoms with van der Waals surface area (Å²) in [5, 5.41) is 8.89. The van der Waals surface area contributed by atoms with Crippen molar-refractivity contribution in [2.75, 3.05) is 0 Å². The largest absolute Gasteiger partial charge is 0.489 e. The van der Waals surface area contributed by atoms with E-state index in [1.165, 1.54) is 0 Å². The molecule has 1 aromatic rings. The van der Waals surface area contributed by atoms with Crippen LogP contribution in [0.3, 0.4) is 0 Å². The first-order valence-electron chi connectivity index (χ1n) is 5.91. The van der Waals surface area contributed by atoms with Gasteiger partial charge in [0.1, 0.15) is 11.8 Å². The van der Waals surface area contributed by atoms with E-state index in [0.717, 1.165) is 34.2 Å². The van der Waals surface area contributed by atoms with E-state index < -0.39 is 12.0 Å². The van der Waals surface area contributed by atoms with Crippen molar-refractivity contribution in [1.29, 1.82) is 0 Å². The number of nitrogens with two attached hydrogens (primary N) is 1. The molecule has 2 rings (SSSR count). The maximum Gasteiger partial charge on any atom is 0.320 e. The van der Waals surface area contributed by atoms with Crippen molar-refractivity contribution in [1.82, 2.24) is 0 Å².